The van der Waals surface area contributed by atoms with Gasteiger partial charge in [0.1, 0.15) is 5.75 Å². The van der Waals surface area contributed by atoms with Crippen molar-refractivity contribution >= 4 is 9.84 Å². The van der Waals surface area contributed by atoms with Gasteiger partial charge in [-0.2, -0.15) is 0 Å². The van der Waals surface area contributed by atoms with Crippen molar-refractivity contribution in [1.82, 2.24) is 0 Å². The molecule has 1 aromatic rings. The fourth-order valence-corrected chi connectivity index (χ4v) is 4.72. The van der Waals surface area contributed by atoms with E-state index in [9.17, 15) is 8.42 Å². The van der Waals surface area contributed by atoms with E-state index in [2.05, 4.69) is 0 Å². The van der Waals surface area contributed by atoms with Crippen molar-refractivity contribution < 1.29 is 13.2 Å². The zero-order valence-corrected chi connectivity index (χ0v) is 12.9. The Morgan fingerprint density at radius 3 is 2.55 bits per heavy atom. The van der Waals surface area contributed by atoms with Crippen LogP contribution in [-0.4, -0.2) is 20.8 Å². The van der Waals surface area contributed by atoms with Crippen LogP contribution in [0.5, 0.6) is 5.75 Å². The molecule has 20 heavy (non-hydrogen) atoms. The van der Waals surface area contributed by atoms with E-state index in [1.165, 1.54) is 0 Å². The summed E-state index contributed by atoms with van der Waals surface area (Å²) < 4.78 is 30.2. The quantitative estimate of drug-likeness (QED) is 0.907. The molecule has 0 aliphatic heterocycles. The summed E-state index contributed by atoms with van der Waals surface area (Å²) in [5, 5.41) is -0.189. The lowest BCUT2D eigenvalue weighted by Crippen LogP contribution is -2.20. The molecule has 0 amide bonds. The topological polar surface area (TPSA) is 69.4 Å². The summed E-state index contributed by atoms with van der Waals surface area (Å²) in [5.74, 6) is 0.664. The second-order valence-electron chi connectivity index (χ2n) is 5.57. The van der Waals surface area contributed by atoms with Gasteiger partial charge in [-0.1, -0.05) is 18.9 Å². The minimum absolute atomic E-state index is 0.0431. The summed E-state index contributed by atoms with van der Waals surface area (Å²) >= 11 is 0. The van der Waals surface area contributed by atoms with E-state index in [-0.39, 0.29) is 17.0 Å². The Kier molecular flexibility index (Phi) is 4.70. The molecule has 0 heterocycles. The number of sulfone groups is 1. The number of nitrogens with two attached hydrogens (primary N) is 1. The van der Waals surface area contributed by atoms with Gasteiger partial charge in [0, 0.05) is 11.6 Å². The SMILES string of the molecule is COc1ccc(C(C)N)cc1CS(=O)(=O)C1CCCC1. The highest BCUT2D eigenvalue weighted by molar-refractivity contribution is 7.91. The third-order valence-corrected chi connectivity index (χ3v) is 6.20. The Bertz CT molecular complexity index is 560. The fraction of sp³-hybridized carbons (Fsp3) is 0.600. The van der Waals surface area contributed by atoms with Gasteiger partial charge in [0.15, 0.2) is 9.84 Å². The molecule has 1 aliphatic rings. The van der Waals surface area contributed by atoms with Crippen molar-refractivity contribution in [2.75, 3.05) is 7.11 Å². The Balaban J connectivity index is 2.29. The van der Waals surface area contributed by atoms with Crippen LogP contribution in [0.15, 0.2) is 18.2 Å². The maximum absolute atomic E-state index is 12.5. The summed E-state index contributed by atoms with van der Waals surface area (Å²) in [4.78, 5) is 0. The number of benzene rings is 1. The van der Waals surface area contributed by atoms with Crippen molar-refractivity contribution in [3.63, 3.8) is 0 Å². The van der Waals surface area contributed by atoms with Crippen molar-refractivity contribution in [2.45, 2.75) is 49.7 Å². The average molecular weight is 297 g/mol. The molecule has 2 N–H and O–H groups in total. The first kappa shape index (κ1) is 15.3. The normalized spacial score (nSPS) is 18.1. The standard InChI is InChI=1S/C15H23NO3S/c1-11(16)12-7-8-15(19-2)13(9-12)10-20(17,18)14-5-3-4-6-14/h7-9,11,14H,3-6,10,16H2,1-2H3. The van der Waals surface area contributed by atoms with Gasteiger partial charge >= 0.3 is 0 Å². The predicted molar refractivity (Wildman–Crippen MR) is 80.5 cm³/mol. The number of hydrogen-bond acceptors (Lipinski definition) is 4. The lowest BCUT2D eigenvalue weighted by atomic mass is 10.1. The van der Waals surface area contributed by atoms with Crippen molar-refractivity contribution in [1.29, 1.82) is 0 Å². The van der Waals surface area contributed by atoms with E-state index in [1.54, 1.807) is 13.2 Å². The first-order chi connectivity index (χ1) is 9.44. The third kappa shape index (κ3) is 3.33. The van der Waals surface area contributed by atoms with Gasteiger partial charge < -0.3 is 10.5 Å². The van der Waals surface area contributed by atoms with Gasteiger partial charge in [0.2, 0.25) is 0 Å². The molecule has 0 radical (unpaired) electrons. The van der Waals surface area contributed by atoms with E-state index in [1.807, 2.05) is 19.1 Å². The van der Waals surface area contributed by atoms with Crippen LogP contribution >= 0.6 is 0 Å². The molecular formula is C15H23NO3S. The Hall–Kier alpha value is -1.07. The van der Waals surface area contributed by atoms with Crippen LogP contribution in [0.4, 0.5) is 0 Å². The molecule has 2 rings (SSSR count). The Morgan fingerprint density at radius 2 is 2.00 bits per heavy atom. The summed E-state index contributed by atoms with van der Waals surface area (Å²) in [6, 6.07) is 5.43. The van der Waals surface area contributed by atoms with E-state index in [0.717, 1.165) is 31.2 Å². The second kappa shape index (κ2) is 6.14. The van der Waals surface area contributed by atoms with Crippen LogP contribution < -0.4 is 10.5 Å². The maximum Gasteiger partial charge on any atom is 0.157 e. The first-order valence-electron chi connectivity index (χ1n) is 7.08. The molecule has 1 fully saturated rings. The predicted octanol–water partition coefficient (Wildman–Crippen LogP) is 2.57. The number of hydrogen-bond donors (Lipinski definition) is 1. The maximum atomic E-state index is 12.5. The molecule has 0 spiro atoms. The molecule has 1 unspecified atom stereocenters. The average Bonchev–Trinajstić information content (AvgIpc) is 2.92. The summed E-state index contributed by atoms with van der Waals surface area (Å²) in [6.45, 7) is 1.89. The summed E-state index contributed by atoms with van der Waals surface area (Å²) in [6.07, 6.45) is 3.61. The summed E-state index contributed by atoms with van der Waals surface area (Å²) in [7, 11) is -1.55. The largest absolute Gasteiger partial charge is 0.496 e. The molecule has 0 saturated heterocycles. The van der Waals surface area contributed by atoms with E-state index < -0.39 is 9.84 Å². The van der Waals surface area contributed by atoms with Crippen LogP contribution in [-0.2, 0) is 15.6 Å². The lowest BCUT2D eigenvalue weighted by Gasteiger charge is -2.15. The van der Waals surface area contributed by atoms with Crippen LogP contribution in [0.1, 0.15) is 49.8 Å². The van der Waals surface area contributed by atoms with Gasteiger partial charge in [-0.05, 0) is 37.5 Å². The molecule has 1 aliphatic carbocycles. The molecular weight excluding hydrogens is 274 g/mol. The monoisotopic (exact) mass is 297 g/mol. The zero-order valence-electron chi connectivity index (χ0n) is 12.1. The lowest BCUT2D eigenvalue weighted by molar-refractivity contribution is 0.410. The van der Waals surface area contributed by atoms with Crippen LogP contribution in [0.3, 0.4) is 0 Å². The minimum atomic E-state index is -3.11. The highest BCUT2D eigenvalue weighted by atomic mass is 32.2. The smallest absolute Gasteiger partial charge is 0.157 e. The second-order valence-corrected chi connectivity index (χ2v) is 7.85. The highest BCUT2D eigenvalue weighted by Crippen LogP contribution is 2.30. The molecule has 1 atom stereocenters. The highest BCUT2D eigenvalue weighted by Gasteiger charge is 2.29. The van der Waals surface area contributed by atoms with Gasteiger partial charge in [0.05, 0.1) is 18.1 Å². The molecule has 112 valence electrons. The van der Waals surface area contributed by atoms with Crippen LogP contribution in [0.25, 0.3) is 0 Å². The first-order valence-corrected chi connectivity index (χ1v) is 8.79. The van der Waals surface area contributed by atoms with Crippen molar-refractivity contribution in [2.24, 2.45) is 5.73 Å². The Labute approximate surface area is 121 Å². The zero-order chi connectivity index (χ0) is 14.8. The number of rotatable bonds is 5. The van der Waals surface area contributed by atoms with Gasteiger partial charge in [-0.15, -0.1) is 0 Å². The molecule has 0 aromatic heterocycles. The molecule has 5 heteroatoms. The molecule has 1 aromatic carbocycles. The van der Waals surface area contributed by atoms with Crippen LogP contribution in [0.2, 0.25) is 0 Å². The number of methoxy groups -OCH3 is 1. The van der Waals surface area contributed by atoms with Gasteiger partial charge in [-0.25, -0.2) is 8.42 Å². The summed E-state index contributed by atoms with van der Waals surface area (Å²) in [5.41, 5.74) is 7.52. The van der Waals surface area contributed by atoms with Crippen molar-refractivity contribution in [3.8, 4) is 5.75 Å². The molecule has 1 saturated carbocycles. The van der Waals surface area contributed by atoms with Crippen molar-refractivity contribution in [3.05, 3.63) is 29.3 Å². The minimum Gasteiger partial charge on any atom is -0.496 e. The fourth-order valence-electron chi connectivity index (χ4n) is 2.78. The van der Waals surface area contributed by atoms with E-state index in [0.29, 0.717) is 11.3 Å². The van der Waals surface area contributed by atoms with Gasteiger partial charge in [0.25, 0.3) is 0 Å². The molecule has 4 nitrogen and oxygen atoms in total. The molecule has 0 bridgehead atoms. The number of ether oxygens (including phenoxy) is 1. The van der Waals surface area contributed by atoms with Crippen LogP contribution in [0, 0.1) is 0 Å². The van der Waals surface area contributed by atoms with Gasteiger partial charge in [-0.3, -0.25) is 0 Å². The third-order valence-electron chi connectivity index (χ3n) is 4.00. The van der Waals surface area contributed by atoms with E-state index >= 15 is 0 Å². The Morgan fingerprint density at radius 1 is 1.35 bits per heavy atom. The van der Waals surface area contributed by atoms with E-state index in [4.69, 9.17) is 10.5 Å².